The Balaban J connectivity index is 2.29. The summed E-state index contributed by atoms with van der Waals surface area (Å²) < 4.78 is 0. The minimum absolute atomic E-state index is 0.591. The molecule has 1 aliphatic heterocycles. The second-order valence-corrected chi connectivity index (χ2v) is 4.35. The molecular weight excluding hydrogens is 192 g/mol. The van der Waals surface area contributed by atoms with Gasteiger partial charge in [-0.15, -0.1) is 0 Å². The van der Waals surface area contributed by atoms with Gasteiger partial charge < -0.3 is 10.6 Å². The lowest BCUT2D eigenvalue weighted by Crippen LogP contribution is -2.37. The first-order valence-corrected chi connectivity index (χ1v) is 5.41. The molecule has 86 valence electrons. The Morgan fingerprint density at radius 3 is 2.60 bits per heavy atom. The number of urea groups is 1. The average molecular weight is 212 g/mol. The van der Waals surface area contributed by atoms with Gasteiger partial charge in [0.2, 0.25) is 0 Å². The molecule has 1 fully saturated rings. The topological polar surface area (TPSA) is 70.7 Å². The molecule has 15 heavy (non-hydrogen) atoms. The number of likely N-dealkylation sites (tertiary alicyclic amines) is 1. The highest BCUT2D eigenvalue weighted by atomic mass is 16.2. The van der Waals surface area contributed by atoms with Gasteiger partial charge in [-0.1, -0.05) is 13.8 Å². The van der Waals surface area contributed by atoms with Crippen LogP contribution in [-0.4, -0.2) is 36.3 Å². The molecule has 5 nitrogen and oxygen atoms in total. The van der Waals surface area contributed by atoms with Crippen LogP contribution in [0.5, 0.6) is 0 Å². The maximum Gasteiger partial charge on any atom is 0.332 e. The minimum atomic E-state index is -0.591. The molecule has 0 atom stereocenters. The summed E-state index contributed by atoms with van der Waals surface area (Å²) in [6.45, 7) is 7.63. The largest absolute Gasteiger partial charge is 0.350 e. The van der Waals surface area contributed by atoms with Gasteiger partial charge in [0.15, 0.2) is 0 Å². The third-order valence-electron chi connectivity index (χ3n) is 2.38. The molecule has 0 bridgehead atoms. The number of hydrogen-bond acceptors (Lipinski definition) is 3. The molecule has 0 aromatic rings. The van der Waals surface area contributed by atoms with Crippen molar-refractivity contribution in [3.05, 3.63) is 0 Å². The number of piperidine rings is 1. The number of hydrogen-bond donors (Lipinski definition) is 2. The van der Waals surface area contributed by atoms with Crippen LogP contribution in [0.2, 0.25) is 0 Å². The zero-order valence-electron chi connectivity index (χ0n) is 9.49. The Morgan fingerprint density at radius 2 is 2.13 bits per heavy atom. The van der Waals surface area contributed by atoms with Crippen molar-refractivity contribution in [2.24, 2.45) is 16.8 Å². The van der Waals surface area contributed by atoms with Gasteiger partial charge in [0, 0.05) is 38.2 Å². The highest BCUT2D eigenvalue weighted by Gasteiger charge is 2.15. The highest BCUT2D eigenvalue weighted by Crippen LogP contribution is 2.09. The smallest absolute Gasteiger partial charge is 0.332 e. The summed E-state index contributed by atoms with van der Waals surface area (Å²) >= 11 is 0. The van der Waals surface area contributed by atoms with Crippen molar-refractivity contribution in [1.82, 2.24) is 10.3 Å². The van der Waals surface area contributed by atoms with Gasteiger partial charge in [-0.05, 0) is 5.92 Å². The number of amides is 2. The zero-order chi connectivity index (χ0) is 11.3. The maximum absolute atomic E-state index is 10.4. The van der Waals surface area contributed by atoms with Crippen LogP contribution in [0.4, 0.5) is 4.79 Å². The Bertz CT molecular complexity index is 240. The van der Waals surface area contributed by atoms with E-state index < -0.39 is 6.03 Å². The number of nitrogens with zero attached hydrogens (tertiary/aromatic N) is 2. The fraction of sp³-hybridized carbons (Fsp3) is 0.800. The summed E-state index contributed by atoms with van der Waals surface area (Å²) in [6.07, 6.45) is 1.85. The predicted molar refractivity (Wildman–Crippen MR) is 60.7 cm³/mol. The van der Waals surface area contributed by atoms with Crippen molar-refractivity contribution < 1.29 is 4.79 Å². The van der Waals surface area contributed by atoms with Crippen LogP contribution < -0.4 is 11.2 Å². The number of carbonyl (C=O) groups is 1. The van der Waals surface area contributed by atoms with Crippen molar-refractivity contribution in [1.29, 1.82) is 0 Å². The molecular formula is C10H20N4O. The van der Waals surface area contributed by atoms with Gasteiger partial charge in [0.05, 0.1) is 0 Å². The van der Waals surface area contributed by atoms with Crippen LogP contribution in [0.1, 0.15) is 26.7 Å². The third-order valence-corrected chi connectivity index (χ3v) is 2.38. The van der Waals surface area contributed by atoms with E-state index in [9.17, 15) is 4.79 Å². The second kappa shape index (κ2) is 5.70. The molecule has 0 aliphatic carbocycles. The summed E-state index contributed by atoms with van der Waals surface area (Å²) in [5, 5.41) is 3.96. The van der Waals surface area contributed by atoms with Gasteiger partial charge in [0.1, 0.15) is 0 Å². The molecule has 0 aromatic carbocycles. The molecule has 0 aromatic heterocycles. The molecule has 0 spiro atoms. The lowest BCUT2D eigenvalue weighted by atomic mass is 10.1. The molecule has 1 aliphatic rings. The fourth-order valence-electron chi connectivity index (χ4n) is 1.76. The Labute approximate surface area is 90.7 Å². The first kappa shape index (κ1) is 12.0. The van der Waals surface area contributed by atoms with E-state index in [-0.39, 0.29) is 0 Å². The predicted octanol–water partition coefficient (Wildman–Crippen LogP) is 0.763. The lowest BCUT2D eigenvalue weighted by Gasteiger charge is -2.28. The average Bonchev–Trinajstić information content (AvgIpc) is 2.16. The van der Waals surface area contributed by atoms with Gasteiger partial charge in [-0.25, -0.2) is 10.2 Å². The van der Waals surface area contributed by atoms with E-state index >= 15 is 0 Å². The van der Waals surface area contributed by atoms with Gasteiger partial charge in [0.25, 0.3) is 0 Å². The van der Waals surface area contributed by atoms with Gasteiger partial charge in [-0.3, -0.25) is 0 Å². The monoisotopic (exact) mass is 212 g/mol. The van der Waals surface area contributed by atoms with Gasteiger partial charge in [-0.2, -0.15) is 5.10 Å². The van der Waals surface area contributed by atoms with Crippen molar-refractivity contribution in [3.63, 3.8) is 0 Å². The molecule has 2 amide bonds. The maximum atomic E-state index is 10.4. The van der Waals surface area contributed by atoms with E-state index in [2.05, 4.69) is 29.3 Å². The highest BCUT2D eigenvalue weighted by molar-refractivity contribution is 5.86. The van der Waals surface area contributed by atoms with E-state index in [1.54, 1.807) is 0 Å². The van der Waals surface area contributed by atoms with Crippen LogP contribution in [0.3, 0.4) is 0 Å². The van der Waals surface area contributed by atoms with Crippen molar-refractivity contribution >= 4 is 11.7 Å². The quantitative estimate of drug-likeness (QED) is 0.678. The number of hydrazone groups is 1. The summed E-state index contributed by atoms with van der Waals surface area (Å²) in [5.41, 5.74) is 8.25. The Hall–Kier alpha value is -1.10. The van der Waals surface area contributed by atoms with Crippen molar-refractivity contribution in [3.8, 4) is 0 Å². The number of nitrogens with two attached hydrogens (primary N) is 1. The van der Waals surface area contributed by atoms with Crippen LogP contribution in [-0.2, 0) is 0 Å². The Kier molecular flexibility index (Phi) is 4.55. The standard InChI is InChI=1S/C10H20N4O/c1-8(2)7-14-5-3-9(4-6-14)12-13-10(11)15/h8H,3-7H2,1-2H3,(H3,11,13,15). The van der Waals surface area contributed by atoms with Crippen molar-refractivity contribution in [2.75, 3.05) is 19.6 Å². The van der Waals surface area contributed by atoms with Crippen LogP contribution in [0.15, 0.2) is 5.10 Å². The van der Waals surface area contributed by atoms with Crippen molar-refractivity contribution in [2.45, 2.75) is 26.7 Å². The van der Waals surface area contributed by atoms with E-state index in [1.165, 1.54) is 0 Å². The molecule has 1 rings (SSSR count). The Morgan fingerprint density at radius 1 is 1.53 bits per heavy atom. The summed E-state index contributed by atoms with van der Waals surface area (Å²) in [5.74, 6) is 0.701. The summed E-state index contributed by atoms with van der Waals surface area (Å²) in [7, 11) is 0. The normalized spacial score (nSPS) is 17.9. The molecule has 0 radical (unpaired) electrons. The van der Waals surface area contributed by atoms with Crippen LogP contribution in [0, 0.1) is 5.92 Å². The molecule has 1 saturated heterocycles. The summed E-state index contributed by atoms with van der Waals surface area (Å²) in [4.78, 5) is 12.9. The van der Waals surface area contributed by atoms with Crippen LogP contribution in [0.25, 0.3) is 0 Å². The number of rotatable bonds is 3. The lowest BCUT2D eigenvalue weighted by molar-refractivity contribution is 0.243. The minimum Gasteiger partial charge on any atom is -0.350 e. The number of nitrogens with one attached hydrogen (secondary N) is 1. The SMILES string of the molecule is CC(C)CN1CCC(=NNC(N)=O)CC1. The van der Waals surface area contributed by atoms with E-state index in [0.29, 0.717) is 5.92 Å². The summed E-state index contributed by atoms with van der Waals surface area (Å²) in [6, 6.07) is -0.591. The first-order chi connectivity index (χ1) is 7.08. The zero-order valence-corrected chi connectivity index (χ0v) is 9.49. The third kappa shape index (κ3) is 4.78. The fourth-order valence-corrected chi connectivity index (χ4v) is 1.76. The number of primary amides is 1. The van der Waals surface area contributed by atoms with E-state index in [1.807, 2.05) is 0 Å². The van der Waals surface area contributed by atoms with Crippen LogP contribution >= 0.6 is 0 Å². The first-order valence-electron chi connectivity index (χ1n) is 5.41. The molecule has 3 N–H and O–H groups in total. The molecule has 0 unspecified atom stereocenters. The molecule has 1 heterocycles. The molecule has 0 saturated carbocycles. The van der Waals surface area contributed by atoms with E-state index in [4.69, 9.17) is 5.73 Å². The second-order valence-electron chi connectivity index (χ2n) is 4.35. The molecule has 5 heteroatoms. The van der Waals surface area contributed by atoms with E-state index in [0.717, 1.165) is 38.2 Å². The van der Waals surface area contributed by atoms with Gasteiger partial charge >= 0.3 is 6.03 Å². The number of carbonyl (C=O) groups excluding carboxylic acids is 1.